The third kappa shape index (κ3) is 3.06. The molecule has 1 N–H and O–H groups in total. The highest BCUT2D eigenvalue weighted by atomic mass is 16.2. The van der Waals surface area contributed by atoms with Crippen molar-refractivity contribution >= 4 is 11.8 Å². The van der Waals surface area contributed by atoms with E-state index >= 15 is 0 Å². The molecular formula is C20H26N2O2. The van der Waals surface area contributed by atoms with Crippen LogP contribution in [0.4, 0.5) is 0 Å². The average molecular weight is 326 g/mol. The summed E-state index contributed by atoms with van der Waals surface area (Å²) in [7, 11) is 0. The van der Waals surface area contributed by atoms with Gasteiger partial charge < -0.3 is 10.2 Å². The molecule has 1 saturated heterocycles. The lowest BCUT2D eigenvalue weighted by Gasteiger charge is -2.28. The van der Waals surface area contributed by atoms with Crippen LogP contribution in [0.3, 0.4) is 0 Å². The van der Waals surface area contributed by atoms with Crippen molar-refractivity contribution < 1.29 is 9.59 Å². The van der Waals surface area contributed by atoms with E-state index in [-0.39, 0.29) is 23.8 Å². The number of fused-ring (bicyclic) bond motifs is 1. The lowest BCUT2D eigenvalue weighted by molar-refractivity contribution is -0.139. The second-order valence-corrected chi connectivity index (χ2v) is 7.50. The fourth-order valence-electron chi connectivity index (χ4n) is 4.28. The molecule has 4 heteroatoms. The zero-order valence-electron chi connectivity index (χ0n) is 14.2. The van der Waals surface area contributed by atoms with Gasteiger partial charge in [0.1, 0.15) is 6.04 Å². The minimum absolute atomic E-state index is 0.0459. The molecule has 1 aromatic carbocycles. The summed E-state index contributed by atoms with van der Waals surface area (Å²) in [6.45, 7) is 1.44. The van der Waals surface area contributed by atoms with Gasteiger partial charge in [-0.05, 0) is 56.1 Å². The van der Waals surface area contributed by atoms with E-state index in [0.717, 1.165) is 45.1 Å². The van der Waals surface area contributed by atoms with Crippen LogP contribution in [0.1, 0.15) is 55.6 Å². The molecule has 2 amide bonds. The standard InChI is InChI=1S/C20H26N2O2/c23-19(18-9-4-12-22(18)20(24)15-10-11-15)21-13-16-7-3-6-14-5-1-2-8-17(14)16/h1-2,5,8,15-16,18H,3-4,6-7,9-13H2,(H,21,23). The number of likely N-dealkylation sites (tertiary alicyclic amines) is 1. The van der Waals surface area contributed by atoms with Crippen LogP contribution in [0.2, 0.25) is 0 Å². The van der Waals surface area contributed by atoms with Gasteiger partial charge in [0.25, 0.3) is 0 Å². The van der Waals surface area contributed by atoms with Crippen molar-refractivity contribution in [2.24, 2.45) is 5.92 Å². The molecule has 0 aromatic heterocycles. The Hall–Kier alpha value is -1.84. The summed E-state index contributed by atoms with van der Waals surface area (Å²) in [6.07, 6.45) is 7.23. The van der Waals surface area contributed by atoms with Gasteiger partial charge in [-0.2, -0.15) is 0 Å². The molecular weight excluding hydrogens is 300 g/mol. The monoisotopic (exact) mass is 326 g/mol. The third-order valence-corrected chi connectivity index (χ3v) is 5.78. The molecule has 1 aromatic rings. The molecule has 2 aliphatic carbocycles. The van der Waals surface area contributed by atoms with E-state index in [0.29, 0.717) is 12.5 Å². The average Bonchev–Trinajstić information content (AvgIpc) is 3.35. The first-order chi connectivity index (χ1) is 11.7. The molecule has 4 rings (SSSR count). The second kappa shape index (κ2) is 6.58. The van der Waals surface area contributed by atoms with E-state index in [9.17, 15) is 9.59 Å². The number of carbonyl (C=O) groups is 2. The van der Waals surface area contributed by atoms with Crippen molar-refractivity contribution in [1.29, 1.82) is 0 Å². The number of hydrogen-bond acceptors (Lipinski definition) is 2. The van der Waals surface area contributed by atoms with Crippen LogP contribution in [-0.4, -0.2) is 35.8 Å². The van der Waals surface area contributed by atoms with Crippen molar-refractivity contribution in [3.8, 4) is 0 Å². The Morgan fingerprint density at radius 3 is 2.75 bits per heavy atom. The van der Waals surface area contributed by atoms with E-state index in [1.165, 1.54) is 17.5 Å². The Bertz CT molecular complexity index is 638. The van der Waals surface area contributed by atoms with Crippen LogP contribution in [0.25, 0.3) is 0 Å². The molecule has 1 aliphatic heterocycles. The Labute approximate surface area is 143 Å². The number of benzene rings is 1. The van der Waals surface area contributed by atoms with Crippen LogP contribution >= 0.6 is 0 Å². The zero-order valence-corrected chi connectivity index (χ0v) is 14.2. The SMILES string of the molecule is O=C(NCC1CCCc2ccccc21)C1CCCN1C(=O)C1CC1. The van der Waals surface area contributed by atoms with Crippen molar-refractivity contribution in [3.63, 3.8) is 0 Å². The molecule has 24 heavy (non-hydrogen) atoms. The normalized spacial score (nSPS) is 26.1. The van der Waals surface area contributed by atoms with Crippen LogP contribution in [0.5, 0.6) is 0 Å². The van der Waals surface area contributed by atoms with Crippen LogP contribution in [-0.2, 0) is 16.0 Å². The first-order valence-electron chi connectivity index (χ1n) is 9.40. The number of aryl methyl sites for hydroxylation is 1. The van der Waals surface area contributed by atoms with Crippen LogP contribution in [0.15, 0.2) is 24.3 Å². The Morgan fingerprint density at radius 2 is 1.92 bits per heavy atom. The highest BCUT2D eigenvalue weighted by Crippen LogP contribution is 2.34. The van der Waals surface area contributed by atoms with E-state index in [1.54, 1.807) is 0 Å². The molecule has 2 fully saturated rings. The first kappa shape index (κ1) is 15.7. The maximum atomic E-state index is 12.7. The smallest absolute Gasteiger partial charge is 0.242 e. The van der Waals surface area contributed by atoms with Gasteiger partial charge in [0.15, 0.2) is 0 Å². The molecule has 0 spiro atoms. The number of amides is 2. The fourth-order valence-corrected chi connectivity index (χ4v) is 4.28. The maximum absolute atomic E-state index is 12.7. The molecule has 3 aliphatic rings. The van der Waals surface area contributed by atoms with Crippen molar-refractivity contribution in [2.75, 3.05) is 13.1 Å². The summed E-state index contributed by atoms with van der Waals surface area (Å²) < 4.78 is 0. The number of rotatable bonds is 4. The van der Waals surface area contributed by atoms with E-state index < -0.39 is 0 Å². The van der Waals surface area contributed by atoms with Gasteiger partial charge in [-0.3, -0.25) is 9.59 Å². The Kier molecular flexibility index (Phi) is 4.30. The van der Waals surface area contributed by atoms with Crippen molar-refractivity contribution in [1.82, 2.24) is 10.2 Å². The molecule has 128 valence electrons. The summed E-state index contributed by atoms with van der Waals surface area (Å²) in [5, 5.41) is 3.15. The van der Waals surface area contributed by atoms with Crippen LogP contribution in [0, 0.1) is 5.92 Å². The lowest BCUT2D eigenvalue weighted by atomic mass is 9.83. The van der Waals surface area contributed by atoms with Gasteiger partial charge in [-0.25, -0.2) is 0 Å². The van der Waals surface area contributed by atoms with Crippen molar-refractivity contribution in [2.45, 2.75) is 56.9 Å². The number of hydrogen-bond donors (Lipinski definition) is 1. The van der Waals surface area contributed by atoms with Crippen molar-refractivity contribution in [3.05, 3.63) is 35.4 Å². The molecule has 0 bridgehead atoms. The molecule has 2 atom stereocenters. The molecule has 0 radical (unpaired) electrons. The molecule has 2 unspecified atom stereocenters. The zero-order chi connectivity index (χ0) is 16.5. The summed E-state index contributed by atoms with van der Waals surface area (Å²) >= 11 is 0. The fraction of sp³-hybridized carbons (Fsp3) is 0.600. The Morgan fingerprint density at radius 1 is 1.08 bits per heavy atom. The lowest BCUT2D eigenvalue weighted by Crippen LogP contribution is -2.47. The predicted octanol–water partition coefficient (Wildman–Crippen LogP) is 2.62. The third-order valence-electron chi connectivity index (χ3n) is 5.78. The number of nitrogens with one attached hydrogen (secondary N) is 1. The largest absolute Gasteiger partial charge is 0.354 e. The topological polar surface area (TPSA) is 49.4 Å². The first-order valence-corrected chi connectivity index (χ1v) is 9.40. The molecule has 1 saturated carbocycles. The van der Waals surface area contributed by atoms with E-state index in [4.69, 9.17) is 0 Å². The summed E-state index contributed by atoms with van der Waals surface area (Å²) in [5.41, 5.74) is 2.82. The highest BCUT2D eigenvalue weighted by Gasteiger charge is 2.40. The van der Waals surface area contributed by atoms with E-state index in [2.05, 4.69) is 29.6 Å². The number of carbonyl (C=O) groups excluding carboxylic acids is 2. The number of nitrogens with zero attached hydrogens (tertiary/aromatic N) is 1. The van der Waals surface area contributed by atoms with Gasteiger partial charge in [0, 0.05) is 24.9 Å². The Balaban J connectivity index is 1.37. The summed E-state index contributed by atoms with van der Waals surface area (Å²) in [6, 6.07) is 8.35. The quantitative estimate of drug-likeness (QED) is 0.925. The van der Waals surface area contributed by atoms with Gasteiger partial charge in [-0.1, -0.05) is 24.3 Å². The highest BCUT2D eigenvalue weighted by molar-refractivity contribution is 5.90. The second-order valence-electron chi connectivity index (χ2n) is 7.50. The van der Waals surface area contributed by atoms with E-state index in [1.807, 2.05) is 4.90 Å². The minimum atomic E-state index is -0.239. The van der Waals surface area contributed by atoms with Crippen LogP contribution < -0.4 is 5.32 Å². The van der Waals surface area contributed by atoms with Gasteiger partial charge >= 0.3 is 0 Å². The molecule has 4 nitrogen and oxygen atoms in total. The molecule has 1 heterocycles. The predicted molar refractivity (Wildman–Crippen MR) is 92.6 cm³/mol. The minimum Gasteiger partial charge on any atom is -0.354 e. The summed E-state index contributed by atoms with van der Waals surface area (Å²) in [5.74, 6) is 0.858. The van der Waals surface area contributed by atoms with Gasteiger partial charge in [0.05, 0.1) is 0 Å². The maximum Gasteiger partial charge on any atom is 0.242 e. The van der Waals surface area contributed by atoms with Gasteiger partial charge in [0.2, 0.25) is 11.8 Å². The summed E-state index contributed by atoms with van der Waals surface area (Å²) in [4.78, 5) is 26.8. The van der Waals surface area contributed by atoms with Gasteiger partial charge in [-0.15, -0.1) is 0 Å².